The van der Waals surface area contributed by atoms with E-state index in [0.717, 1.165) is 50.4 Å². The lowest BCUT2D eigenvalue weighted by molar-refractivity contribution is -0.144. The second-order valence-electron chi connectivity index (χ2n) is 17.3. The highest BCUT2D eigenvalue weighted by Crippen LogP contribution is 2.36. The molecule has 0 unspecified atom stereocenters. The van der Waals surface area contributed by atoms with E-state index in [1.807, 2.05) is 112 Å². The molecular formula is C51H59N5O7S. The molecule has 4 N–H and O–H groups in total. The summed E-state index contributed by atoms with van der Waals surface area (Å²) < 4.78 is 6.02. The fraction of sp³-hybridized carbons (Fsp3) is 0.353. The number of benzene rings is 4. The topological polar surface area (TPSA) is 161 Å². The number of carbonyl (C=O) groups is 4. The zero-order valence-corrected chi connectivity index (χ0v) is 38.3. The van der Waals surface area contributed by atoms with Gasteiger partial charge in [-0.15, -0.1) is 11.3 Å². The van der Waals surface area contributed by atoms with Crippen molar-refractivity contribution in [2.45, 2.75) is 85.0 Å². The van der Waals surface area contributed by atoms with Gasteiger partial charge in [0.05, 0.1) is 28.7 Å². The number of thiazole rings is 1. The first kappa shape index (κ1) is 47.2. The highest BCUT2D eigenvalue weighted by molar-refractivity contribution is 7.13. The minimum Gasteiger partial charge on any atom is -0.508 e. The van der Waals surface area contributed by atoms with E-state index in [9.17, 15) is 29.4 Å². The average molecular weight is 886 g/mol. The Bertz CT molecular complexity index is 2410. The summed E-state index contributed by atoms with van der Waals surface area (Å²) in [5, 5.41) is 26.3. The molecule has 5 aromatic rings. The third-order valence-electron chi connectivity index (χ3n) is 11.5. The molecule has 0 spiro atoms. The van der Waals surface area contributed by atoms with E-state index in [1.54, 1.807) is 30.5 Å². The molecule has 64 heavy (non-hydrogen) atoms. The van der Waals surface area contributed by atoms with Gasteiger partial charge in [-0.2, -0.15) is 0 Å². The number of ether oxygens (including phenoxy) is 1. The Morgan fingerprint density at radius 2 is 1.56 bits per heavy atom. The predicted molar refractivity (Wildman–Crippen MR) is 251 cm³/mol. The van der Waals surface area contributed by atoms with Gasteiger partial charge < -0.3 is 35.4 Å². The number of rotatable bonds is 17. The molecule has 1 saturated heterocycles. The maximum Gasteiger partial charge on any atom is 0.246 e. The van der Waals surface area contributed by atoms with E-state index in [1.165, 1.54) is 15.4 Å². The molecule has 1 aliphatic heterocycles. The van der Waals surface area contributed by atoms with Crippen LogP contribution in [0.4, 0.5) is 0 Å². The maximum absolute atomic E-state index is 14.1. The fourth-order valence-electron chi connectivity index (χ4n) is 7.88. The van der Waals surface area contributed by atoms with Gasteiger partial charge in [0.15, 0.2) is 0 Å². The van der Waals surface area contributed by atoms with Crippen molar-refractivity contribution in [3.05, 3.63) is 137 Å². The molecule has 0 bridgehead atoms. The number of phenols is 1. The van der Waals surface area contributed by atoms with E-state index in [0.29, 0.717) is 5.75 Å². The SMILES string of the molecule is CCC(=C(c1ccc(O)cc1)c1ccc(OCCN(C)C(=O)CCC(=O)N[C@H](C(=O)N2C[C@H](O)C[C@H]2C(=O)NCc2ccc(-c3scnc3C)cc2)C(C)(C)C)cc1)c1ccccc1. The van der Waals surface area contributed by atoms with Crippen molar-refractivity contribution in [3.63, 3.8) is 0 Å². The van der Waals surface area contributed by atoms with Crippen LogP contribution in [0.2, 0.25) is 0 Å². The highest BCUT2D eigenvalue weighted by atomic mass is 32.1. The lowest BCUT2D eigenvalue weighted by Gasteiger charge is -2.35. The Morgan fingerprint density at radius 3 is 2.17 bits per heavy atom. The number of aliphatic hydroxyl groups is 1. The highest BCUT2D eigenvalue weighted by Gasteiger charge is 2.44. The number of allylic oxidation sites excluding steroid dienone is 1. The molecule has 336 valence electrons. The number of amides is 4. The van der Waals surface area contributed by atoms with E-state index in [2.05, 4.69) is 34.7 Å². The van der Waals surface area contributed by atoms with Gasteiger partial charge in [0.25, 0.3) is 0 Å². The molecule has 2 heterocycles. The number of hydrogen-bond donors (Lipinski definition) is 4. The minimum absolute atomic E-state index is 0.0380. The Labute approximate surface area is 380 Å². The van der Waals surface area contributed by atoms with Gasteiger partial charge in [0.2, 0.25) is 23.6 Å². The zero-order chi connectivity index (χ0) is 46.0. The predicted octanol–water partition coefficient (Wildman–Crippen LogP) is 7.62. The second-order valence-corrected chi connectivity index (χ2v) is 18.1. The van der Waals surface area contributed by atoms with Crippen LogP contribution < -0.4 is 15.4 Å². The van der Waals surface area contributed by atoms with Crippen LogP contribution in [0, 0.1) is 12.3 Å². The Hall–Kier alpha value is -6.31. The molecule has 12 nitrogen and oxygen atoms in total. The quantitative estimate of drug-likeness (QED) is 0.0694. The number of carbonyl (C=O) groups excluding carboxylic acids is 4. The van der Waals surface area contributed by atoms with Gasteiger partial charge >= 0.3 is 0 Å². The van der Waals surface area contributed by atoms with Crippen LogP contribution >= 0.6 is 11.3 Å². The largest absolute Gasteiger partial charge is 0.508 e. The molecule has 3 atom stereocenters. The van der Waals surface area contributed by atoms with E-state index >= 15 is 0 Å². The van der Waals surface area contributed by atoms with E-state index < -0.39 is 35.4 Å². The molecule has 0 aliphatic carbocycles. The summed E-state index contributed by atoms with van der Waals surface area (Å²) in [4.78, 5) is 62.2. The number of nitrogens with zero attached hydrogens (tertiary/aromatic N) is 3. The monoisotopic (exact) mass is 885 g/mol. The molecule has 0 saturated carbocycles. The van der Waals surface area contributed by atoms with E-state index in [4.69, 9.17) is 4.74 Å². The summed E-state index contributed by atoms with van der Waals surface area (Å²) in [6, 6.07) is 31.2. The van der Waals surface area contributed by atoms with Crippen molar-refractivity contribution in [2.24, 2.45) is 5.41 Å². The standard InChI is InChI=1S/C51H59N5O7S/c1-7-42(35-11-9-8-10-12-35)46(36-17-21-39(57)22-18-36)37-19-23-41(24-20-37)63-28-27-55(6)45(60)26-25-44(59)54-48(51(3,4)5)50(62)56-31-40(58)29-43(56)49(61)52-30-34-13-15-38(16-14-34)47-33(2)53-32-64-47/h8-24,32,40,43,48,57-58H,7,25-31H2,1-6H3,(H,52,61)(H,54,59)/t40-,43+,48-/m1/s1. The third kappa shape index (κ3) is 12.0. The van der Waals surface area contributed by atoms with Crippen LogP contribution in [0.3, 0.4) is 0 Å². The fourth-order valence-corrected chi connectivity index (χ4v) is 8.69. The van der Waals surface area contributed by atoms with Crippen molar-refractivity contribution in [1.29, 1.82) is 0 Å². The maximum atomic E-state index is 14.1. The van der Waals surface area contributed by atoms with Crippen LogP contribution in [-0.2, 0) is 25.7 Å². The molecule has 1 aromatic heterocycles. The van der Waals surface area contributed by atoms with Gasteiger partial charge in [-0.25, -0.2) is 4.98 Å². The first-order valence-corrected chi connectivity index (χ1v) is 22.6. The minimum atomic E-state index is -1.00. The van der Waals surface area contributed by atoms with Crippen LogP contribution in [0.15, 0.2) is 109 Å². The average Bonchev–Trinajstić information content (AvgIpc) is 3.91. The number of likely N-dealkylation sites (tertiary alicyclic amines) is 1. The smallest absolute Gasteiger partial charge is 0.246 e. The van der Waals surface area contributed by atoms with E-state index in [-0.39, 0.29) is 63.1 Å². The van der Waals surface area contributed by atoms with Crippen molar-refractivity contribution in [2.75, 3.05) is 26.7 Å². The Balaban J connectivity index is 0.992. The van der Waals surface area contributed by atoms with Crippen LogP contribution in [0.5, 0.6) is 11.5 Å². The van der Waals surface area contributed by atoms with Gasteiger partial charge in [-0.3, -0.25) is 19.2 Å². The summed E-state index contributed by atoms with van der Waals surface area (Å²) in [5.74, 6) is -0.734. The van der Waals surface area contributed by atoms with Gasteiger partial charge in [0.1, 0.15) is 30.2 Å². The lowest BCUT2D eigenvalue weighted by Crippen LogP contribution is -2.57. The van der Waals surface area contributed by atoms with Crippen molar-refractivity contribution < 1.29 is 34.1 Å². The number of phenolic OH excluding ortho intramolecular Hbond substituents is 1. The molecular weight excluding hydrogens is 827 g/mol. The number of β-amino-alcohol motifs (C(OH)–C–C–N with tert-alkyl or cyclic N) is 1. The molecule has 4 aromatic carbocycles. The number of aliphatic hydroxyl groups excluding tert-OH is 1. The second kappa shape index (κ2) is 21.4. The number of nitrogens with one attached hydrogen (secondary N) is 2. The zero-order valence-electron chi connectivity index (χ0n) is 37.5. The van der Waals surface area contributed by atoms with Crippen molar-refractivity contribution in [3.8, 4) is 21.9 Å². The first-order chi connectivity index (χ1) is 30.6. The summed E-state index contributed by atoms with van der Waals surface area (Å²) in [6.07, 6.45) is -0.232. The van der Waals surface area contributed by atoms with Crippen molar-refractivity contribution in [1.82, 2.24) is 25.4 Å². The Morgan fingerprint density at radius 1 is 0.906 bits per heavy atom. The summed E-state index contributed by atoms with van der Waals surface area (Å²) in [6.45, 7) is 10.3. The molecule has 0 radical (unpaired) electrons. The number of aromatic nitrogens is 1. The third-order valence-corrected chi connectivity index (χ3v) is 12.5. The van der Waals surface area contributed by atoms with Gasteiger partial charge in [0, 0.05) is 39.4 Å². The number of hydrogen-bond acceptors (Lipinski definition) is 9. The molecule has 13 heteroatoms. The van der Waals surface area contributed by atoms with Gasteiger partial charge in [-0.1, -0.05) is 107 Å². The van der Waals surface area contributed by atoms with Crippen LogP contribution in [0.25, 0.3) is 21.6 Å². The number of aryl methyl sites for hydroxylation is 1. The first-order valence-electron chi connectivity index (χ1n) is 21.7. The molecule has 1 fully saturated rings. The number of likely N-dealkylation sites (N-methyl/N-ethyl adjacent to an activating group) is 1. The molecule has 1 aliphatic rings. The number of aromatic hydroxyl groups is 1. The van der Waals surface area contributed by atoms with Crippen LogP contribution in [-0.4, -0.2) is 93.6 Å². The lowest BCUT2D eigenvalue weighted by atomic mass is 9.85. The van der Waals surface area contributed by atoms with Crippen molar-refractivity contribution >= 4 is 46.1 Å². The summed E-state index contributed by atoms with van der Waals surface area (Å²) in [7, 11) is 1.65. The Kier molecular flexibility index (Phi) is 15.8. The molecule has 4 amide bonds. The van der Waals surface area contributed by atoms with Gasteiger partial charge in [-0.05, 0) is 82.0 Å². The van der Waals surface area contributed by atoms with Crippen LogP contribution in [0.1, 0.15) is 81.3 Å². The normalized spacial score (nSPS) is 15.8. The summed E-state index contributed by atoms with van der Waals surface area (Å²) in [5.41, 5.74) is 9.30. The summed E-state index contributed by atoms with van der Waals surface area (Å²) >= 11 is 1.57. The molecule has 6 rings (SSSR count).